The summed E-state index contributed by atoms with van der Waals surface area (Å²) in [6.07, 6.45) is 3.44. The van der Waals surface area contributed by atoms with Crippen molar-refractivity contribution < 1.29 is 14.3 Å². The lowest BCUT2D eigenvalue weighted by Gasteiger charge is -2.29. The predicted molar refractivity (Wildman–Crippen MR) is 93.6 cm³/mol. The van der Waals surface area contributed by atoms with Crippen molar-refractivity contribution in [1.29, 1.82) is 0 Å². The van der Waals surface area contributed by atoms with Gasteiger partial charge in [-0.05, 0) is 66.6 Å². The summed E-state index contributed by atoms with van der Waals surface area (Å²) in [4.78, 5) is 26.6. The lowest BCUT2D eigenvalue weighted by Crippen LogP contribution is -2.43. The highest BCUT2D eigenvalue weighted by atomic mass is 16.5. The van der Waals surface area contributed by atoms with Crippen LogP contribution in [0.4, 0.5) is 0 Å². The summed E-state index contributed by atoms with van der Waals surface area (Å²) < 4.78 is 5.76. The molecule has 3 unspecified atom stereocenters. The molecule has 2 fully saturated rings. The minimum atomic E-state index is -0.0609. The summed E-state index contributed by atoms with van der Waals surface area (Å²) in [5, 5.41) is 6.07. The number of likely N-dealkylation sites (tertiary alicyclic amines) is 1. The number of rotatable bonds is 6. The van der Waals surface area contributed by atoms with Crippen molar-refractivity contribution >= 4 is 11.8 Å². The molecule has 2 rings (SSSR count). The van der Waals surface area contributed by atoms with E-state index in [4.69, 9.17) is 4.74 Å². The molecule has 24 heavy (non-hydrogen) atoms. The zero-order valence-corrected chi connectivity index (χ0v) is 15.5. The summed E-state index contributed by atoms with van der Waals surface area (Å²) in [7, 11) is 2.10. The van der Waals surface area contributed by atoms with E-state index in [0.717, 1.165) is 38.8 Å². The molecule has 6 heteroatoms. The van der Waals surface area contributed by atoms with Crippen LogP contribution in [0, 0.1) is 11.8 Å². The van der Waals surface area contributed by atoms with Crippen LogP contribution < -0.4 is 10.6 Å². The van der Waals surface area contributed by atoms with Crippen LogP contribution in [-0.2, 0) is 14.3 Å². The summed E-state index contributed by atoms with van der Waals surface area (Å²) in [6, 6.07) is 0.235. The molecular weight excluding hydrogens is 306 g/mol. The first kappa shape index (κ1) is 19.2. The Bertz CT molecular complexity index is 433. The van der Waals surface area contributed by atoms with E-state index in [2.05, 4.69) is 22.6 Å². The highest BCUT2D eigenvalue weighted by Gasteiger charge is 2.32. The van der Waals surface area contributed by atoms with Crippen molar-refractivity contribution in [1.82, 2.24) is 15.5 Å². The smallest absolute Gasteiger partial charge is 0.225 e. The molecule has 0 saturated carbocycles. The molecule has 2 heterocycles. The normalized spacial score (nSPS) is 27.2. The first-order chi connectivity index (χ1) is 11.3. The van der Waals surface area contributed by atoms with Gasteiger partial charge in [0.2, 0.25) is 11.8 Å². The molecule has 6 nitrogen and oxygen atoms in total. The van der Waals surface area contributed by atoms with Crippen LogP contribution in [0.1, 0.15) is 46.5 Å². The van der Waals surface area contributed by atoms with Crippen LogP contribution in [0.5, 0.6) is 0 Å². The Morgan fingerprint density at radius 1 is 1.08 bits per heavy atom. The lowest BCUT2D eigenvalue weighted by atomic mass is 9.95. The van der Waals surface area contributed by atoms with Crippen molar-refractivity contribution in [2.75, 3.05) is 26.7 Å². The molecule has 0 aromatic rings. The van der Waals surface area contributed by atoms with Gasteiger partial charge in [-0.1, -0.05) is 0 Å². The number of hydrogen-bond acceptors (Lipinski definition) is 4. The highest BCUT2D eigenvalue weighted by molar-refractivity contribution is 5.79. The molecule has 0 spiro atoms. The van der Waals surface area contributed by atoms with E-state index in [1.165, 1.54) is 0 Å². The third kappa shape index (κ3) is 5.74. The fraction of sp³-hybridized carbons (Fsp3) is 0.889. The van der Waals surface area contributed by atoms with Gasteiger partial charge in [0.1, 0.15) is 0 Å². The molecule has 0 bridgehead atoms. The van der Waals surface area contributed by atoms with E-state index in [-0.39, 0.29) is 41.8 Å². The van der Waals surface area contributed by atoms with Gasteiger partial charge in [-0.25, -0.2) is 0 Å². The third-order valence-corrected chi connectivity index (χ3v) is 4.98. The molecule has 2 aliphatic rings. The van der Waals surface area contributed by atoms with Gasteiger partial charge in [0.15, 0.2) is 0 Å². The summed E-state index contributed by atoms with van der Waals surface area (Å²) in [5.41, 5.74) is 0. The second-order valence-electron chi connectivity index (χ2n) is 7.77. The van der Waals surface area contributed by atoms with Gasteiger partial charge in [0.05, 0.1) is 18.6 Å². The average molecular weight is 339 g/mol. The molecule has 2 amide bonds. The first-order valence-electron chi connectivity index (χ1n) is 9.26. The van der Waals surface area contributed by atoms with Crippen LogP contribution >= 0.6 is 0 Å². The van der Waals surface area contributed by atoms with Crippen LogP contribution in [0.15, 0.2) is 0 Å². The summed E-state index contributed by atoms with van der Waals surface area (Å²) in [6.45, 7) is 8.42. The maximum absolute atomic E-state index is 12.3. The Kier molecular flexibility index (Phi) is 7.04. The summed E-state index contributed by atoms with van der Waals surface area (Å²) >= 11 is 0. The first-order valence-corrected chi connectivity index (χ1v) is 9.26. The number of ether oxygens (including phenoxy) is 1. The van der Waals surface area contributed by atoms with E-state index < -0.39 is 0 Å². The number of piperidine rings is 1. The Hall–Kier alpha value is -1.14. The SMILES string of the molecule is CC(C)NC(=O)C1COC(CC(C)NC(=O)C2CCN(C)CC2)C1. The molecule has 2 N–H and O–H groups in total. The largest absolute Gasteiger partial charge is 0.377 e. The molecule has 138 valence electrons. The van der Waals surface area contributed by atoms with Crippen molar-refractivity contribution in [3.63, 3.8) is 0 Å². The van der Waals surface area contributed by atoms with Crippen molar-refractivity contribution in [3.8, 4) is 0 Å². The minimum Gasteiger partial charge on any atom is -0.377 e. The highest BCUT2D eigenvalue weighted by Crippen LogP contribution is 2.24. The number of hydrogen-bond donors (Lipinski definition) is 2. The zero-order chi connectivity index (χ0) is 17.7. The number of carbonyl (C=O) groups excluding carboxylic acids is 2. The van der Waals surface area contributed by atoms with Gasteiger partial charge < -0.3 is 20.3 Å². The van der Waals surface area contributed by atoms with E-state index in [0.29, 0.717) is 6.61 Å². The molecule has 0 aliphatic carbocycles. The van der Waals surface area contributed by atoms with Gasteiger partial charge in [0, 0.05) is 18.0 Å². The fourth-order valence-electron chi connectivity index (χ4n) is 3.54. The van der Waals surface area contributed by atoms with E-state index >= 15 is 0 Å². The number of amides is 2. The Morgan fingerprint density at radius 3 is 2.33 bits per heavy atom. The van der Waals surface area contributed by atoms with Crippen LogP contribution in [-0.4, -0.2) is 61.6 Å². The monoisotopic (exact) mass is 339 g/mol. The van der Waals surface area contributed by atoms with Crippen LogP contribution in [0.3, 0.4) is 0 Å². The Morgan fingerprint density at radius 2 is 1.71 bits per heavy atom. The van der Waals surface area contributed by atoms with Crippen molar-refractivity contribution in [2.45, 2.75) is 64.6 Å². The van der Waals surface area contributed by atoms with E-state index in [9.17, 15) is 9.59 Å². The average Bonchev–Trinajstić information content (AvgIpc) is 2.95. The zero-order valence-electron chi connectivity index (χ0n) is 15.5. The maximum atomic E-state index is 12.3. The quantitative estimate of drug-likeness (QED) is 0.762. The topological polar surface area (TPSA) is 70.7 Å². The molecule has 2 aliphatic heterocycles. The second kappa shape index (κ2) is 8.81. The van der Waals surface area contributed by atoms with E-state index in [1.807, 2.05) is 20.8 Å². The van der Waals surface area contributed by atoms with Crippen LogP contribution in [0.2, 0.25) is 0 Å². The molecule has 0 aromatic heterocycles. The Balaban J connectivity index is 1.70. The molecule has 0 radical (unpaired) electrons. The van der Waals surface area contributed by atoms with Gasteiger partial charge >= 0.3 is 0 Å². The number of carbonyl (C=O) groups is 2. The van der Waals surface area contributed by atoms with Gasteiger partial charge in [-0.2, -0.15) is 0 Å². The van der Waals surface area contributed by atoms with Crippen molar-refractivity contribution in [2.24, 2.45) is 11.8 Å². The minimum absolute atomic E-state index is 0.0562. The number of nitrogens with zero attached hydrogens (tertiary/aromatic N) is 1. The molecular formula is C18H33N3O3. The number of nitrogens with one attached hydrogen (secondary N) is 2. The van der Waals surface area contributed by atoms with Gasteiger partial charge in [-0.15, -0.1) is 0 Å². The molecule has 2 saturated heterocycles. The molecule has 0 aromatic carbocycles. The Labute approximate surface area is 145 Å². The second-order valence-corrected chi connectivity index (χ2v) is 7.77. The van der Waals surface area contributed by atoms with E-state index in [1.54, 1.807) is 0 Å². The standard InChI is InChI=1S/C18H33N3O3/c1-12(2)19-18(23)15-10-16(24-11-15)9-13(3)20-17(22)14-5-7-21(4)8-6-14/h12-16H,5-11H2,1-4H3,(H,19,23)(H,20,22). The fourth-order valence-corrected chi connectivity index (χ4v) is 3.54. The predicted octanol–water partition coefficient (Wildman–Crippen LogP) is 1.15. The lowest BCUT2D eigenvalue weighted by molar-refractivity contribution is -0.127. The summed E-state index contributed by atoms with van der Waals surface area (Å²) in [5.74, 6) is 0.324. The molecule has 3 atom stereocenters. The van der Waals surface area contributed by atoms with Gasteiger partial charge in [-0.3, -0.25) is 9.59 Å². The van der Waals surface area contributed by atoms with Crippen molar-refractivity contribution in [3.05, 3.63) is 0 Å². The van der Waals surface area contributed by atoms with Crippen LogP contribution in [0.25, 0.3) is 0 Å². The third-order valence-electron chi connectivity index (χ3n) is 4.98. The van der Waals surface area contributed by atoms with Gasteiger partial charge in [0.25, 0.3) is 0 Å². The maximum Gasteiger partial charge on any atom is 0.225 e.